The first-order valence-electron chi connectivity index (χ1n) is 6.16. The summed E-state index contributed by atoms with van der Waals surface area (Å²) in [5.41, 5.74) is 1.62. The molecule has 0 aromatic heterocycles. The fraction of sp³-hybridized carbons (Fsp3) is 0.357. The van der Waals surface area contributed by atoms with Crippen LogP contribution in [0.25, 0.3) is 0 Å². The third-order valence-electron chi connectivity index (χ3n) is 2.63. The first-order chi connectivity index (χ1) is 10.1. The molecular weight excluding hydrogens is 292 g/mol. The van der Waals surface area contributed by atoms with Crippen LogP contribution in [0.1, 0.15) is 11.1 Å². The van der Waals surface area contributed by atoms with Gasteiger partial charge >= 0.3 is 5.97 Å². The number of aliphatic carboxylic acids is 1. The zero-order chi connectivity index (χ0) is 15.7. The lowest BCUT2D eigenvalue weighted by atomic mass is 10.2. The van der Waals surface area contributed by atoms with Gasteiger partial charge in [0, 0.05) is 12.9 Å². The van der Waals surface area contributed by atoms with Crippen molar-refractivity contribution < 1.29 is 19.4 Å². The van der Waals surface area contributed by atoms with Crippen molar-refractivity contribution in [3.8, 4) is 6.07 Å². The maximum atomic E-state index is 11.6. The normalized spacial score (nSPS) is 11.4. The summed E-state index contributed by atoms with van der Waals surface area (Å²) in [4.78, 5) is 22.2. The number of nitriles is 1. The fourth-order valence-electron chi connectivity index (χ4n) is 1.47. The summed E-state index contributed by atoms with van der Waals surface area (Å²) in [7, 11) is 1.28. The lowest BCUT2D eigenvalue weighted by Crippen LogP contribution is -2.38. The first-order valence-corrected chi connectivity index (χ1v) is 7.31. The molecule has 0 spiro atoms. The summed E-state index contributed by atoms with van der Waals surface area (Å²) >= 11 is 1.41. The van der Waals surface area contributed by atoms with Crippen molar-refractivity contribution in [2.45, 2.75) is 11.9 Å². The van der Waals surface area contributed by atoms with E-state index in [1.807, 2.05) is 18.2 Å². The Morgan fingerprint density at radius 3 is 2.62 bits per heavy atom. The van der Waals surface area contributed by atoms with Gasteiger partial charge in [-0.15, -0.1) is 11.8 Å². The van der Waals surface area contributed by atoms with Crippen molar-refractivity contribution in [2.75, 3.05) is 19.4 Å². The third kappa shape index (κ3) is 6.29. The number of carboxylic acid groups (broad SMARTS) is 1. The van der Waals surface area contributed by atoms with E-state index in [-0.39, 0.29) is 18.2 Å². The molecule has 0 aliphatic carbocycles. The minimum absolute atomic E-state index is 0.0535. The zero-order valence-corrected chi connectivity index (χ0v) is 12.4. The molecule has 1 amide bonds. The van der Waals surface area contributed by atoms with Gasteiger partial charge in [0.15, 0.2) is 6.10 Å². The smallest absolute Gasteiger partial charge is 0.334 e. The molecule has 0 aliphatic heterocycles. The molecule has 1 aromatic rings. The first kappa shape index (κ1) is 17.0. The van der Waals surface area contributed by atoms with Gasteiger partial charge in [-0.3, -0.25) is 4.79 Å². The second-order valence-corrected chi connectivity index (χ2v) is 5.15. The summed E-state index contributed by atoms with van der Waals surface area (Å²) in [6.07, 6.45) is -1.03. The van der Waals surface area contributed by atoms with Gasteiger partial charge in [0.25, 0.3) is 0 Å². The molecule has 21 heavy (non-hydrogen) atoms. The molecule has 6 nitrogen and oxygen atoms in total. The molecule has 1 atom stereocenters. The van der Waals surface area contributed by atoms with E-state index in [2.05, 4.69) is 5.32 Å². The second kappa shape index (κ2) is 9.00. The minimum atomic E-state index is -1.11. The Morgan fingerprint density at radius 2 is 2.10 bits per heavy atom. The topological polar surface area (TPSA) is 99.4 Å². The number of benzene rings is 1. The number of nitrogens with zero attached hydrogens (tertiary/aromatic N) is 1. The number of nitrogens with one attached hydrogen (secondary N) is 1. The summed E-state index contributed by atoms with van der Waals surface area (Å²) in [5.74, 6) is -0.470. The summed E-state index contributed by atoms with van der Waals surface area (Å²) in [6.45, 7) is -0.0535. The molecular formula is C14H16N2O4S. The largest absolute Gasteiger partial charge is 0.479 e. The maximum absolute atomic E-state index is 11.6. The van der Waals surface area contributed by atoms with Crippen molar-refractivity contribution in [3.05, 3.63) is 35.4 Å². The Hall–Kier alpha value is -2.04. The van der Waals surface area contributed by atoms with Crippen molar-refractivity contribution >= 4 is 23.6 Å². The highest BCUT2D eigenvalue weighted by atomic mass is 32.2. The van der Waals surface area contributed by atoms with Crippen LogP contribution in [-0.4, -0.2) is 42.5 Å². The molecule has 0 bridgehead atoms. The van der Waals surface area contributed by atoms with Gasteiger partial charge in [-0.05, 0) is 17.7 Å². The number of rotatable bonds is 8. The molecule has 0 aliphatic rings. The quantitative estimate of drug-likeness (QED) is 0.743. The van der Waals surface area contributed by atoms with E-state index in [0.717, 1.165) is 5.56 Å². The van der Waals surface area contributed by atoms with Crippen molar-refractivity contribution in [3.63, 3.8) is 0 Å². The van der Waals surface area contributed by atoms with Crippen LogP contribution in [0.3, 0.4) is 0 Å². The molecule has 1 unspecified atom stereocenters. The van der Waals surface area contributed by atoms with E-state index in [4.69, 9.17) is 15.1 Å². The van der Waals surface area contributed by atoms with Crippen molar-refractivity contribution in [1.82, 2.24) is 5.32 Å². The van der Waals surface area contributed by atoms with E-state index in [9.17, 15) is 9.59 Å². The Morgan fingerprint density at radius 1 is 1.43 bits per heavy atom. The van der Waals surface area contributed by atoms with Gasteiger partial charge in [0.2, 0.25) is 5.91 Å². The molecule has 0 saturated heterocycles. The van der Waals surface area contributed by atoms with Gasteiger partial charge in [0.05, 0.1) is 23.9 Å². The van der Waals surface area contributed by atoms with Crippen LogP contribution in [0, 0.1) is 11.3 Å². The number of thioether (sulfide) groups is 1. The van der Waals surface area contributed by atoms with Gasteiger partial charge in [-0.25, -0.2) is 4.79 Å². The number of carboxylic acids is 1. The van der Waals surface area contributed by atoms with Crippen LogP contribution < -0.4 is 5.32 Å². The molecule has 0 heterocycles. The van der Waals surface area contributed by atoms with Gasteiger partial charge in [-0.2, -0.15) is 5.26 Å². The monoisotopic (exact) mass is 308 g/mol. The second-order valence-electron chi connectivity index (χ2n) is 4.17. The van der Waals surface area contributed by atoms with Gasteiger partial charge in [-0.1, -0.05) is 12.1 Å². The Bertz CT molecular complexity index is 525. The Balaban J connectivity index is 2.27. The number of ether oxygens (including phenoxy) is 1. The van der Waals surface area contributed by atoms with E-state index in [1.165, 1.54) is 18.9 Å². The Labute approximate surface area is 127 Å². The average molecular weight is 308 g/mol. The molecule has 1 rings (SSSR count). The van der Waals surface area contributed by atoms with Crippen molar-refractivity contribution in [2.24, 2.45) is 0 Å². The average Bonchev–Trinajstić information content (AvgIpc) is 2.48. The van der Waals surface area contributed by atoms with Crippen LogP contribution in [0.4, 0.5) is 0 Å². The van der Waals surface area contributed by atoms with Crippen LogP contribution in [0.15, 0.2) is 24.3 Å². The summed E-state index contributed by atoms with van der Waals surface area (Å²) in [6, 6.07) is 9.18. The SMILES string of the molecule is COC(CNC(=O)CSCc1ccc(C#N)cc1)C(=O)O. The van der Waals surface area contributed by atoms with Crippen LogP contribution >= 0.6 is 11.8 Å². The fourth-order valence-corrected chi connectivity index (χ4v) is 2.28. The highest BCUT2D eigenvalue weighted by molar-refractivity contribution is 7.99. The third-order valence-corrected chi connectivity index (χ3v) is 3.63. The number of amides is 1. The highest BCUT2D eigenvalue weighted by Gasteiger charge is 2.16. The lowest BCUT2D eigenvalue weighted by molar-refractivity contribution is -0.148. The van der Waals surface area contributed by atoms with E-state index >= 15 is 0 Å². The molecule has 0 fully saturated rings. The molecule has 7 heteroatoms. The van der Waals surface area contributed by atoms with Crippen LogP contribution in [0.2, 0.25) is 0 Å². The molecule has 0 radical (unpaired) electrons. The highest BCUT2D eigenvalue weighted by Crippen LogP contribution is 2.12. The number of carbonyl (C=O) groups excluding carboxylic acids is 1. The molecule has 2 N–H and O–H groups in total. The Kier molecular flexibility index (Phi) is 7.29. The summed E-state index contributed by atoms with van der Waals surface area (Å²) in [5, 5.41) is 19.9. The van der Waals surface area contributed by atoms with Gasteiger partial charge < -0.3 is 15.2 Å². The number of methoxy groups -OCH3 is 1. The van der Waals surface area contributed by atoms with Gasteiger partial charge in [0.1, 0.15) is 0 Å². The molecule has 1 aromatic carbocycles. The summed E-state index contributed by atoms with van der Waals surface area (Å²) < 4.78 is 4.71. The van der Waals surface area contributed by atoms with Crippen molar-refractivity contribution in [1.29, 1.82) is 5.26 Å². The minimum Gasteiger partial charge on any atom is -0.479 e. The lowest BCUT2D eigenvalue weighted by Gasteiger charge is -2.11. The predicted molar refractivity (Wildman–Crippen MR) is 78.8 cm³/mol. The number of carbonyl (C=O) groups is 2. The number of hydrogen-bond donors (Lipinski definition) is 2. The van der Waals surface area contributed by atoms with E-state index in [1.54, 1.807) is 12.1 Å². The maximum Gasteiger partial charge on any atom is 0.334 e. The van der Waals surface area contributed by atoms with E-state index < -0.39 is 12.1 Å². The van der Waals surface area contributed by atoms with Crippen LogP contribution in [0.5, 0.6) is 0 Å². The predicted octanol–water partition coefficient (Wildman–Crippen LogP) is 1.01. The van der Waals surface area contributed by atoms with E-state index in [0.29, 0.717) is 11.3 Å². The zero-order valence-electron chi connectivity index (χ0n) is 11.5. The standard InChI is InChI=1S/C14H16N2O4S/c1-20-12(14(18)19)7-16-13(17)9-21-8-11-4-2-10(6-15)3-5-11/h2-5,12H,7-9H2,1H3,(H,16,17)(H,18,19). The van der Waals surface area contributed by atoms with Crippen LogP contribution in [-0.2, 0) is 20.1 Å². The number of hydrogen-bond acceptors (Lipinski definition) is 5. The molecule has 112 valence electrons. The molecule has 0 saturated carbocycles.